The molecule has 5 nitrogen and oxygen atoms in total. The highest BCUT2D eigenvalue weighted by Crippen LogP contribution is 2.12. The zero-order valence-electron chi connectivity index (χ0n) is 16.0. The van der Waals surface area contributed by atoms with Gasteiger partial charge in [0, 0.05) is 12.8 Å². The Bertz CT molecular complexity index is 450. The molecule has 1 rings (SSSR count). The van der Waals surface area contributed by atoms with Gasteiger partial charge in [-0.15, -0.1) is 16.1 Å². The third-order valence-corrected chi connectivity index (χ3v) is 4.44. The molecule has 1 aromatic heterocycles. The van der Waals surface area contributed by atoms with Crippen LogP contribution < -0.4 is 0 Å². The van der Waals surface area contributed by atoms with Crippen LogP contribution in [0, 0.1) is 11.8 Å². The molecule has 0 saturated heterocycles. The number of aromatic nitrogens is 4. The monoisotopic (exact) mass is 348 g/mol. The van der Waals surface area contributed by atoms with Crippen molar-refractivity contribution >= 4 is 0 Å². The third-order valence-electron chi connectivity index (χ3n) is 4.44. The highest BCUT2D eigenvalue weighted by Gasteiger charge is 1.98. The minimum atomic E-state index is -0.410. The first-order valence-corrected chi connectivity index (χ1v) is 10.2. The fourth-order valence-corrected chi connectivity index (χ4v) is 2.86. The minimum absolute atomic E-state index is 0.410. The molecule has 142 valence electrons. The molecule has 0 radical (unpaired) electrons. The molecule has 5 heteroatoms. The highest BCUT2D eigenvalue weighted by atomic mass is 16.3. The summed E-state index contributed by atoms with van der Waals surface area (Å²) in [4.78, 5) is 0. The van der Waals surface area contributed by atoms with Gasteiger partial charge in [0.2, 0.25) is 0 Å². The molecule has 0 aliphatic heterocycles. The van der Waals surface area contributed by atoms with E-state index in [9.17, 15) is 5.11 Å². The number of unbranched alkanes of at least 4 members (excludes halogenated alkanes) is 11. The number of aliphatic hydroxyl groups excluding tert-OH is 1. The summed E-state index contributed by atoms with van der Waals surface area (Å²) in [5, 5.41) is 23.6. The summed E-state index contributed by atoms with van der Waals surface area (Å²) < 4.78 is 0. The van der Waals surface area contributed by atoms with Crippen molar-refractivity contribution in [2.24, 2.45) is 0 Å². The normalized spacial score (nSPS) is 11.9. The van der Waals surface area contributed by atoms with Crippen LogP contribution >= 0.6 is 0 Å². The van der Waals surface area contributed by atoms with E-state index >= 15 is 0 Å². The minimum Gasteiger partial charge on any atom is -0.380 e. The lowest BCUT2D eigenvalue weighted by Gasteiger charge is -2.02. The lowest BCUT2D eigenvalue weighted by Crippen LogP contribution is -2.01. The molecule has 1 heterocycles. The van der Waals surface area contributed by atoms with Crippen LogP contribution in [0.1, 0.15) is 103 Å². The molecule has 0 saturated carbocycles. The van der Waals surface area contributed by atoms with Crippen LogP contribution in [-0.2, 0) is 6.42 Å². The number of aromatic amines is 1. The van der Waals surface area contributed by atoms with Gasteiger partial charge in [-0.25, -0.2) is 0 Å². The Morgan fingerprint density at radius 3 is 2.16 bits per heavy atom. The van der Waals surface area contributed by atoms with E-state index < -0.39 is 6.10 Å². The van der Waals surface area contributed by atoms with Gasteiger partial charge in [-0.2, -0.15) is 5.21 Å². The Labute approximate surface area is 153 Å². The molecule has 0 aromatic carbocycles. The van der Waals surface area contributed by atoms with Crippen LogP contribution in [0.25, 0.3) is 0 Å². The second-order valence-corrected chi connectivity index (χ2v) is 6.84. The van der Waals surface area contributed by atoms with Crippen molar-refractivity contribution < 1.29 is 5.11 Å². The van der Waals surface area contributed by atoms with Crippen LogP contribution in [0.15, 0.2) is 0 Å². The number of rotatable bonds is 15. The molecule has 25 heavy (non-hydrogen) atoms. The second kappa shape index (κ2) is 16.1. The van der Waals surface area contributed by atoms with Gasteiger partial charge in [-0.05, 0) is 19.3 Å². The molecular formula is C20H36N4O. The zero-order chi connectivity index (χ0) is 18.0. The fourth-order valence-electron chi connectivity index (χ4n) is 2.86. The summed E-state index contributed by atoms with van der Waals surface area (Å²) in [6.45, 7) is 2.14. The molecule has 0 aliphatic rings. The van der Waals surface area contributed by atoms with E-state index in [1.54, 1.807) is 0 Å². The fraction of sp³-hybridized carbons (Fsp3) is 0.850. The second-order valence-electron chi connectivity index (χ2n) is 6.84. The Balaban J connectivity index is 1.76. The summed E-state index contributed by atoms with van der Waals surface area (Å²) in [6.07, 6.45) is 17.4. The Morgan fingerprint density at radius 2 is 1.56 bits per heavy atom. The van der Waals surface area contributed by atoms with E-state index in [0.717, 1.165) is 44.3 Å². The maximum Gasteiger partial charge on any atom is 0.174 e. The molecule has 0 aliphatic carbocycles. The number of nitrogens with zero attached hydrogens (tertiary/aromatic N) is 3. The van der Waals surface area contributed by atoms with Crippen molar-refractivity contribution in [2.45, 2.75) is 109 Å². The molecule has 1 atom stereocenters. The van der Waals surface area contributed by atoms with E-state index in [1.807, 2.05) is 0 Å². The molecule has 0 bridgehead atoms. The van der Waals surface area contributed by atoms with Gasteiger partial charge in [0.1, 0.15) is 6.10 Å². The summed E-state index contributed by atoms with van der Waals surface area (Å²) in [7, 11) is 0. The SMILES string of the molecule is CCCCC(O)C#CCCCCCCCCCCCCc1nn[nH]n1. The van der Waals surface area contributed by atoms with Gasteiger partial charge in [-0.1, -0.05) is 82.3 Å². The van der Waals surface area contributed by atoms with Crippen molar-refractivity contribution in [1.82, 2.24) is 20.6 Å². The van der Waals surface area contributed by atoms with E-state index in [0.29, 0.717) is 0 Å². The van der Waals surface area contributed by atoms with Crippen molar-refractivity contribution in [3.05, 3.63) is 5.82 Å². The van der Waals surface area contributed by atoms with Crippen molar-refractivity contribution in [3.8, 4) is 11.8 Å². The number of nitrogens with one attached hydrogen (secondary N) is 1. The Morgan fingerprint density at radius 1 is 0.920 bits per heavy atom. The smallest absolute Gasteiger partial charge is 0.174 e. The third kappa shape index (κ3) is 13.5. The van der Waals surface area contributed by atoms with Crippen molar-refractivity contribution in [2.75, 3.05) is 0 Å². The lowest BCUT2D eigenvalue weighted by atomic mass is 10.0. The molecule has 0 spiro atoms. The van der Waals surface area contributed by atoms with E-state index in [1.165, 1.54) is 57.8 Å². The maximum atomic E-state index is 9.62. The number of aliphatic hydroxyl groups is 1. The average molecular weight is 349 g/mol. The number of aryl methyl sites for hydroxylation is 1. The van der Waals surface area contributed by atoms with Crippen molar-refractivity contribution in [1.29, 1.82) is 0 Å². The first-order valence-electron chi connectivity index (χ1n) is 10.2. The summed E-state index contributed by atoms with van der Waals surface area (Å²) in [5.74, 6) is 6.91. The van der Waals surface area contributed by atoms with E-state index in [-0.39, 0.29) is 0 Å². The average Bonchev–Trinajstić information content (AvgIpc) is 3.13. The number of hydrogen-bond donors (Lipinski definition) is 2. The van der Waals surface area contributed by atoms with E-state index in [4.69, 9.17) is 0 Å². The number of H-pyrrole nitrogens is 1. The van der Waals surface area contributed by atoms with Gasteiger partial charge in [0.15, 0.2) is 5.82 Å². The number of tetrazole rings is 1. The van der Waals surface area contributed by atoms with E-state index in [2.05, 4.69) is 39.4 Å². The van der Waals surface area contributed by atoms with Gasteiger partial charge in [-0.3, -0.25) is 0 Å². The zero-order valence-corrected chi connectivity index (χ0v) is 16.0. The summed E-state index contributed by atoms with van der Waals surface area (Å²) in [5.41, 5.74) is 0. The predicted molar refractivity (Wildman–Crippen MR) is 102 cm³/mol. The van der Waals surface area contributed by atoms with Gasteiger partial charge >= 0.3 is 0 Å². The predicted octanol–water partition coefficient (Wildman–Crippen LogP) is 4.59. The number of hydrogen-bond acceptors (Lipinski definition) is 4. The summed E-state index contributed by atoms with van der Waals surface area (Å²) >= 11 is 0. The Kier molecular flexibility index (Phi) is 13.9. The molecule has 0 amide bonds. The molecule has 1 unspecified atom stereocenters. The molecule has 0 fully saturated rings. The van der Waals surface area contributed by atoms with Crippen LogP contribution in [0.5, 0.6) is 0 Å². The van der Waals surface area contributed by atoms with Crippen LogP contribution in [0.3, 0.4) is 0 Å². The van der Waals surface area contributed by atoms with Gasteiger partial charge in [0.25, 0.3) is 0 Å². The van der Waals surface area contributed by atoms with Crippen LogP contribution in [-0.4, -0.2) is 31.8 Å². The highest BCUT2D eigenvalue weighted by molar-refractivity contribution is 5.04. The first kappa shape index (κ1) is 21.6. The topological polar surface area (TPSA) is 74.7 Å². The van der Waals surface area contributed by atoms with Crippen LogP contribution in [0.2, 0.25) is 0 Å². The summed E-state index contributed by atoms with van der Waals surface area (Å²) in [6, 6.07) is 0. The lowest BCUT2D eigenvalue weighted by molar-refractivity contribution is 0.218. The van der Waals surface area contributed by atoms with Crippen LogP contribution in [0.4, 0.5) is 0 Å². The quantitative estimate of drug-likeness (QED) is 0.359. The molecular weight excluding hydrogens is 312 g/mol. The Hall–Kier alpha value is -1.41. The van der Waals surface area contributed by atoms with Gasteiger partial charge in [0.05, 0.1) is 0 Å². The first-order chi connectivity index (χ1) is 12.3. The standard InChI is InChI=1S/C20H36N4O/c1-2-3-16-19(25)17-14-12-10-8-6-4-5-7-9-11-13-15-18-20-21-23-24-22-20/h19,25H,2-13,15-16,18H2,1H3,(H,21,22,23,24). The molecule has 1 aromatic rings. The van der Waals surface area contributed by atoms with Gasteiger partial charge < -0.3 is 5.11 Å². The van der Waals surface area contributed by atoms with Crippen molar-refractivity contribution in [3.63, 3.8) is 0 Å². The molecule has 2 N–H and O–H groups in total. The maximum absolute atomic E-state index is 9.62. The largest absolute Gasteiger partial charge is 0.380 e.